The summed E-state index contributed by atoms with van der Waals surface area (Å²) in [5.41, 5.74) is 0.636. The van der Waals surface area contributed by atoms with Crippen LogP contribution >= 0.6 is 0 Å². The zero-order valence-corrected chi connectivity index (χ0v) is 9.65. The van der Waals surface area contributed by atoms with Crippen molar-refractivity contribution >= 4 is 5.97 Å². The minimum absolute atomic E-state index is 0.257. The van der Waals surface area contributed by atoms with Gasteiger partial charge in [0.1, 0.15) is 5.82 Å². The molecule has 17 heavy (non-hydrogen) atoms. The molecule has 0 radical (unpaired) electrons. The van der Waals surface area contributed by atoms with Crippen molar-refractivity contribution in [2.24, 2.45) is 0 Å². The van der Waals surface area contributed by atoms with E-state index in [1.165, 1.54) is 31.4 Å². The molecule has 1 aromatic rings. The van der Waals surface area contributed by atoms with E-state index in [9.17, 15) is 14.3 Å². The van der Waals surface area contributed by atoms with Gasteiger partial charge in [-0.25, -0.2) is 4.39 Å². The van der Waals surface area contributed by atoms with Crippen molar-refractivity contribution in [3.8, 4) is 0 Å². The number of halogens is 1. The molecule has 94 valence electrons. The molecule has 1 atom stereocenters. The Morgan fingerprint density at radius 3 is 2.71 bits per heavy atom. The van der Waals surface area contributed by atoms with Crippen molar-refractivity contribution in [1.82, 2.24) is 5.32 Å². The first-order chi connectivity index (χ1) is 8.13. The maximum atomic E-state index is 12.6. The average molecular weight is 241 g/mol. The predicted octanol–water partition coefficient (Wildman–Crippen LogP) is 1.01. The van der Waals surface area contributed by atoms with E-state index in [0.29, 0.717) is 18.7 Å². The number of hydrogen-bond acceptors (Lipinski definition) is 4. The molecule has 0 heterocycles. The number of rotatable bonds is 6. The molecule has 2 N–H and O–H groups in total. The molecule has 0 aromatic heterocycles. The van der Waals surface area contributed by atoms with E-state index in [1.807, 2.05) is 0 Å². The fraction of sp³-hybridized carbons (Fsp3) is 0.417. The Kier molecular flexibility index (Phi) is 5.59. The highest BCUT2D eigenvalue weighted by molar-refractivity contribution is 5.69. The topological polar surface area (TPSA) is 58.6 Å². The van der Waals surface area contributed by atoms with Gasteiger partial charge in [0.15, 0.2) is 0 Å². The van der Waals surface area contributed by atoms with E-state index in [-0.39, 0.29) is 18.2 Å². The van der Waals surface area contributed by atoms with E-state index in [4.69, 9.17) is 0 Å². The van der Waals surface area contributed by atoms with Gasteiger partial charge in [0.05, 0.1) is 19.6 Å². The van der Waals surface area contributed by atoms with Crippen LogP contribution in [0.3, 0.4) is 0 Å². The summed E-state index contributed by atoms with van der Waals surface area (Å²) < 4.78 is 17.1. The van der Waals surface area contributed by atoms with Crippen LogP contribution in [0.1, 0.15) is 18.1 Å². The van der Waals surface area contributed by atoms with Gasteiger partial charge in [-0.3, -0.25) is 4.79 Å². The first kappa shape index (κ1) is 13.6. The Morgan fingerprint density at radius 2 is 2.12 bits per heavy atom. The number of carbonyl (C=O) groups is 1. The third kappa shape index (κ3) is 4.93. The molecular weight excluding hydrogens is 225 g/mol. The molecule has 0 fully saturated rings. The van der Waals surface area contributed by atoms with Gasteiger partial charge in [0, 0.05) is 13.1 Å². The highest BCUT2D eigenvalue weighted by Gasteiger charge is 2.07. The number of methoxy groups -OCH3 is 1. The summed E-state index contributed by atoms with van der Waals surface area (Å²) in [4.78, 5) is 10.8. The van der Waals surface area contributed by atoms with Crippen LogP contribution in [0, 0.1) is 5.82 Å². The van der Waals surface area contributed by atoms with Gasteiger partial charge in [-0.05, 0) is 17.7 Å². The van der Waals surface area contributed by atoms with Crippen molar-refractivity contribution in [2.75, 3.05) is 20.2 Å². The van der Waals surface area contributed by atoms with Crippen LogP contribution < -0.4 is 5.32 Å². The number of nitrogens with one attached hydrogen (secondary N) is 1. The highest BCUT2D eigenvalue weighted by atomic mass is 19.1. The second-order valence-electron chi connectivity index (χ2n) is 3.60. The maximum Gasteiger partial charge on any atom is 0.306 e. The Balaban J connectivity index is 2.27. The molecule has 0 saturated heterocycles. The molecule has 4 nitrogen and oxygen atoms in total. The van der Waals surface area contributed by atoms with E-state index < -0.39 is 6.10 Å². The van der Waals surface area contributed by atoms with Crippen LogP contribution in [0.25, 0.3) is 0 Å². The summed E-state index contributed by atoms with van der Waals surface area (Å²) in [7, 11) is 1.33. The number of benzene rings is 1. The minimum atomic E-state index is -0.715. The molecule has 0 saturated carbocycles. The van der Waals surface area contributed by atoms with E-state index >= 15 is 0 Å². The van der Waals surface area contributed by atoms with Crippen LogP contribution in [-0.2, 0) is 9.53 Å². The number of hydrogen-bond donors (Lipinski definition) is 2. The van der Waals surface area contributed by atoms with E-state index in [0.717, 1.165) is 0 Å². The Bertz CT molecular complexity index is 353. The number of esters is 1. The number of aliphatic hydroxyl groups is 1. The summed E-state index contributed by atoms with van der Waals surface area (Å²) in [6, 6.07) is 5.66. The van der Waals surface area contributed by atoms with Crippen LogP contribution in [-0.4, -0.2) is 31.3 Å². The second-order valence-corrected chi connectivity index (χ2v) is 3.60. The normalized spacial score (nSPS) is 12.2. The third-order valence-electron chi connectivity index (χ3n) is 2.33. The molecule has 1 rings (SSSR count). The first-order valence-corrected chi connectivity index (χ1v) is 5.34. The summed E-state index contributed by atoms with van der Waals surface area (Å²) in [5, 5.41) is 12.7. The lowest BCUT2D eigenvalue weighted by Crippen LogP contribution is -2.24. The van der Waals surface area contributed by atoms with Gasteiger partial charge < -0.3 is 15.2 Å². The molecule has 1 unspecified atom stereocenters. The monoisotopic (exact) mass is 241 g/mol. The molecule has 1 aromatic carbocycles. The number of ether oxygens (including phenoxy) is 1. The van der Waals surface area contributed by atoms with Crippen LogP contribution in [0.15, 0.2) is 24.3 Å². The SMILES string of the molecule is COC(=O)CCNCC(O)c1ccc(F)cc1. The Labute approximate surface area is 99.4 Å². The zero-order chi connectivity index (χ0) is 12.7. The van der Waals surface area contributed by atoms with E-state index in [2.05, 4.69) is 10.1 Å². The largest absolute Gasteiger partial charge is 0.469 e. The second kappa shape index (κ2) is 6.98. The number of carbonyl (C=O) groups excluding carboxylic acids is 1. The maximum absolute atomic E-state index is 12.6. The lowest BCUT2D eigenvalue weighted by atomic mass is 10.1. The molecule has 0 aliphatic carbocycles. The van der Waals surface area contributed by atoms with Gasteiger partial charge in [-0.1, -0.05) is 12.1 Å². The third-order valence-corrected chi connectivity index (χ3v) is 2.33. The van der Waals surface area contributed by atoms with E-state index in [1.54, 1.807) is 0 Å². The molecule has 5 heteroatoms. The molecule has 0 aliphatic heterocycles. The summed E-state index contributed by atoms with van der Waals surface area (Å²) in [6.07, 6.45) is -0.458. The van der Waals surface area contributed by atoms with Crippen molar-refractivity contribution in [3.63, 3.8) is 0 Å². The lowest BCUT2D eigenvalue weighted by Gasteiger charge is -2.11. The molecule has 0 aliphatic rings. The van der Waals surface area contributed by atoms with Crippen LogP contribution in [0.5, 0.6) is 0 Å². The van der Waals surface area contributed by atoms with Crippen molar-refractivity contribution in [3.05, 3.63) is 35.6 Å². The average Bonchev–Trinajstić information content (AvgIpc) is 2.34. The fourth-order valence-electron chi connectivity index (χ4n) is 1.33. The fourth-order valence-corrected chi connectivity index (χ4v) is 1.33. The van der Waals surface area contributed by atoms with Gasteiger partial charge in [-0.2, -0.15) is 0 Å². The lowest BCUT2D eigenvalue weighted by molar-refractivity contribution is -0.140. The Hall–Kier alpha value is -1.46. The van der Waals surface area contributed by atoms with Crippen molar-refractivity contribution < 1.29 is 19.0 Å². The minimum Gasteiger partial charge on any atom is -0.469 e. The van der Waals surface area contributed by atoms with Crippen LogP contribution in [0.4, 0.5) is 4.39 Å². The van der Waals surface area contributed by atoms with Gasteiger partial charge in [0.25, 0.3) is 0 Å². The predicted molar refractivity (Wildman–Crippen MR) is 60.9 cm³/mol. The van der Waals surface area contributed by atoms with Gasteiger partial charge >= 0.3 is 5.97 Å². The first-order valence-electron chi connectivity index (χ1n) is 5.34. The highest BCUT2D eigenvalue weighted by Crippen LogP contribution is 2.12. The van der Waals surface area contributed by atoms with Crippen molar-refractivity contribution in [2.45, 2.75) is 12.5 Å². The molecule has 0 spiro atoms. The summed E-state index contributed by atoms with van der Waals surface area (Å²) >= 11 is 0. The quantitative estimate of drug-likeness (QED) is 0.576. The molecular formula is C12H16FNO3. The Morgan fingerprint density at radius 1 is 1.47 bits per heavy atom. The van der Waals surface area contributed by atoms with Gasteiger partial charge in [0.2, 0.25) is 0 Å². The van der Waals surface area contributed by atoms with Crippen LogP contribution in [0.2, 0.25) is 0 Å². The standard InChI is InChI=1S/C12H16FNO3/c1-17-12(16)6-7-14-8-11(15)9-2-4-10(13)5-3-9/h2-5,11,14-15H,6-8H2,1H3. The smallest absolute Gasteiger partial charge is 0.306 e. The van der Waals surface area contributed by atoms with Crippen molar-refractivity contribution in [1.29, 1.82) is 0 Å². The summed E-state index contributed by atoms with van der Waals surface area (Å²) in [5.74, 6) is -0.631. The van der Waals surface area contributed by atoms with Gasteiger partial charge in [-0.15, -0.1) is 0 Å². The zero-order valence-electron chi connectivity index (χ0n) is 9.65. The molecule has 0 bridgehead atoms. The number of aliphatic hydroxyl groups excluding tert-OH is 1. The summed E-state index contributed by atoms with van der Waals surface area (Å²) in [6.45, 7) is 0.744. The molecule has 0 amide bonds.